The smallest absolute Gasteiger partial charge is 0.347 e. The molecule has 0 aliphatic heterocycles. The lowest BCUT2D eigenvalue weighted by Crippen LogP contribution is -2.38. The number of carboxylic acid groups (broad SMARTS) is 1. The first kappa shape index (κ1) is 11.4. The zero-order valence-electron chi connectivity index (χ0n) is 9.97. The third kappa shape index (κ3) is 2.08. The van der Waals surface area contributed by atoms with E-state index in [1.165, 1.54) is 13.8 Å². The molecule has 0 aliphatic carbocycles. The molecule has 1 N–H and O–H groups in total. The van der Waals surface area contributed by atoms with Crippen LogP contribution in [-0.2, 0) is 4.79 Å². The molecule has 0 aromatic carbocycles. The van der Waals surface area contributed by atoms with Gasteiger partial charge in [-0.3, -0.25) is 0 Å². The highest BCUT2D eigenvalue weighted by Crippen LogP contribution is 2.23. The van der Waals surface area contributed by atoms with Crippen molar-refractivity contribution in [2.45, 2.75) is 26.4 Å². The average molecular weight is 234 g/mol. The second kappa shape index (κ2) is 3.76. The second-order valence-electron chi connectivity index (χ2n) is 4.40. The van der Waals surface area contributed by atoms with Crippen LogP contribution in [-0.4, -0.2) is 26.1 Å². The van der Waals surface area contributed by atoms with Crippen LogP contribution in [0.25, 0.3) is 5.65 Å². The van der Waals surface area contributed by atoms with Gasteiger partial charge in [0, 0.05) is 12.4 Å². The van der Waals surface area contributed by atoms with E-state index in [1.807, 2.05) is 23.7 Å². The summed E-state index contributed by atoms with van der Waals surface area (Å²) in [7, 11) is 0. The summed E-state index contributed by atoms with van der Waals surface area (Å²) >= 11 is 0. The largest absolute Gasteiger partial charge is 0.478 e. The quantitative estimate of drug-likeness (QED) is 0.880. The summed E-state index contributed by atoms with van der Waals surface area (Å²) < 4.78 is 7.32. The van der Waals surface area contributed by atoms with Crippen molar-refractivity contribution in [1.82, 2.24) is 9.38 Å². The van der Waals surface area contributed by atoms with E-state index < -0.39 is 11.6 Å². The molecule has 5 heteroatoms. The van der Waals surface area contributed by atoms with Gasteiger partial charge in [0.05, 0.1) is 5.69 Å². The molecule has 17 heavy (non-hydrogen) atoms. The first-order valence-corrected chi connectivity index (χ1v) is 5.27. The van der Waals surface area contributed by atoms with E-state index in [9.17, 15) is 4.79 Å². The molecule has 0 atom stereocenters. The van der Waals surface area contributed by atoms with Crippen LogP contribution in [0.2, 0.25) is 0 Å². The van der Waals surface area contributed by atoms with Crippen LogP contribution in [0.4, 0.5) is 0 Å². The Bertz CT molecular complexity index is 572. The van der Waals surface area contributed by atoms with E-state index in [4.69, 9.17) is 9.84 Å². The van der Waals surface area contributed by atoms with Gasteiger partial charge in [-0.1, -0.05) is 0 Å². The summed E-state index contributed by atoms with van der Waals surface area (Å²) in [5.74, 6) is -0.546. The average Bonchev–Trinajstić information content (AvgIpc) is 2.59. The maximum absolute atomic E-state index is 11.0. The number of carboxylic acids is 1. The molecule has 0 aliphatic rings. The number of pyridine rings is 1. The number of aliphatic carboxylic acids is 1. The molecule has 2 aromatic rings. The highest BCUT2D eigenvalue weighted by molar-refractivity contribution is 5.77. The third-order valence-corrected chi connectivity index (χ3v) is 2.45. The van der Waals surface area contributed by atoms with E-state index in [0.29, 0.717) is 11.4 Å². The molecule has 2 aromatic heterocycles. The minimum absolute atomic E-state index is 0.466. The van der Waals surface area contributed by atoms with Crippen molar-refractivity contribution in [3.05, 3.63) is 30.2 Å². The Morgan fingerprint density at radius 2 is 2.24 bits per heavy atom. The lowest BCUT2D eigenvalue weighted by atomic mass is 10.1. The highest BCUT2D eigenvalue weighted by atomic mass is 16.5. The fraction of sp³-hybridized carbons (Fsp3) is 0.333. The SMILES string of the molecule is Cc1cn2cccc(OC(C)(C)C(=O)O)c2n1. The predicted octanol–water partition coefficient (Wildman–Crippen LogP) is 1.88. The van der Waals surface area contributed by atoms with Crippen LogP contribution >= 0.6 is 0 Å². The lowest BCUT2D eigenvalue weighted by molar-refractivity contribution is -0.152. The van der Waals surface area contributed by atoms with Gasteiger partial charge in [-0.25, -0.2) is 9.78 Å². The first-order valence-electron chi connectivity index (χ1n) is 5.27. The van der Waals surface area contributed by atoms with Crippen molar-refractivity contribution in [2.75, 3.05) is 0 Å². The summed E-state index contributed by atoms with van der Waals surface area (Å²) in [5, 5.41) is 9.03. The minimum Gasteiger partial charge on any atom is -0.478 e. The summed E-state index contributed by atoms with van der Waals surface area (Å²) in [5.41, 5.74) is 0.204. The fourth-order valence-corrected chi connectivity index (χ4v) is 1.51. The molecule has 2 rings (SSSR count). The molecular weight excluding hydrogens is 220 g/mol. The number of fused-ring (bicyclic) bond motifs is 1. The predicted molar refractivity (Wildman–Crippen MR) is 62.3 cm³/mol. The molecule has 0 amide bonds. The topological polar surface area (TPSA) is 63.8 Å². The fourth-order valence-electron chi connectivity index (χ4n) is 1.51. The Balaban J connectivity index is 2.46. The van der Waals surface area contributed by atoms with Crippen LogP contribution in [0.1, 0.15) is 19.5 Å². The highest BCUT2D eigenvalue weighted by Gasteiger charge is 2.30. The molecule has 0 bridgehead atoms. The molecule has 0 saturated heterocycles. The minimum atomic E-state index is -1.28. The van der Waals surface area contributed by atoms with Crippen molar-refractivity contribution in [2.24, 2.45) is 0 Å². The van der Waals surface area contributed by atoms with Crippen LogP contribution in [0, 0.1) is 6.92 Å². The number of aryl methyl sites for hydroxylation is 1. The van der Waals surface area contributed by atoms with Crippen LogP contribution < -0.4 is 4.74 Å². The maximum atomic E-state index is 11.0. The Kier molecular flexibility index (Phi) is 2.53. The molecule has 90 valence electrons. The molecule has 0 spiro atoms. The van der Waals surface area contributed by atoms with E-state index >= 15 is 0 Å². The van der Waals surface area contributed by atoms with Gasteiger partial charge in [-0.05, 0) is 32.9 Å². The number of rotatable bonds is 3. The molecule has 0 saturated carbocycles. The van der Waals surface area contributed by atoms with Gasteiger partial charge >= 0.3 is 5.97 Å². The normalized spacial score (nSPS) is 11.7. The maximum Gasteiger partial charge on any atom is 0.347 e. The van der Waals surface area contributed by atoms with E-state index in [0.717, 1.165) is 5.69 Å². The standard InChI is InChI=1S/C12H14N2O3/c1-8-7-14-6-4-5-9(10(14)13-8)17-12(2,3)11(15)16/h4-7H,1-3H3,(H,15,16). The van der Waals surface area contributed by atoms with Gasteiger partial charge < -0.3 is 14.2 Å². The van der Waals surface area contributed by atoms with Gasteiger partial charge in [-0.2, -0.15) is 0 Å². The zero-order chi connectivity index (χ0) is 12.6. The van der Waals surface area contributed by atoms with Crippen LogP contribution in [0.15, 0.2) is 24.5 Å². The number of hydrogen-bond donors (Lipinski definition) is 1. The van der Waals surface area contributed by atoms with Gasteiger partial charge in [0.15, 0.2) is 17.0 Å². The van der Waals surface area contributed by atoms with Gasteiger partial charge in [-0.15, -0.1) is 0 Å². The number of hydrogen-bond acceptors (Lipinski definition) is 3. The van der Waals surface area contributed by atoms with Gasteiger partial charge in [0.1, 0.15) is 0 Å². The number of carbonyl (C=O) groups is 1. The number of imidazole rings is 1. The molecular formula is C12H14N2O3. The Morgan fingerprint density at radius 3 is 2.88 bits per heavy atom. The summed E-state index contributed by atoms with van der Waals surface area (Å²) in [6.07, 6.45) is 3.70. The number of nitrogens with zero attached hydrogens (tertiary/aromatic N) is 2. The van der Waals surface area contributed by atoms with E-state index in [-0.39, 0.29) is 0 Å². The lowest BCUT2D eigenvalue weighted by Gasteiger charge is -2.21. The Labute approximate surface area is 98.7 Å². The molecule has 0 fully saturated rings. The van der Waals surface area contributed by atoms with Gasteiger partial charge in [0.25, 0.3) is 0 Å². The number of aromatic nitrogens is 2. The third-order valence-electron chi connectivity index (χ3n) is 2.45. The van der Waals surface area contributed by atoms with Crippen molar-refractivity contribution in [3.8, 4) is 5.75 Å². The molecule has 0 unspecified atom stereocenters. The van der Waals surface area contributed by atoms with Gasteiger partial charge in [0.2, 0.25) is 0 Å². The monoisotopic (exact) mass is 234 g/mol. The zero-order valence-corrected chi connectivity index (χ0v) is 9.97. The summed E-state index contributed by atoms with van der Waals surface area (Å²) in [6.45, 7) is 4.89. The van der Waals surface area contributed by atoms with Crippen LogP contribution in [0.5, 0.6) is 5.75 Å². The van der Waals surface area contributed by atoms with Crippen LogP contribution in [0.3, 0.4) is 0 Å². The Morgan fingerprint density at radius 1 is 1.53 bits per heavy atom. The summed E-state index contributed by atoms with van der Waals surface area (Å²) in [6, 6.07) is 3.51. The van der Waals surface area contributed by atoms with E-state index in [2.05, 4.69) is 4.98 Å². The molecule has 0 radical (unpaired) electrons. The van der Waals surface area contributed by atoms with Crippen molar-refractivity contribution in [1.29, 1.82) is 0 Å². The molecule has 2 heterocycles. The summed E-state index contributed by atoms with van der Waals surface area (Å²) in [4.78, 5) is 15.3. The van der Waals surface area contributed by atoms with E-state index in [1.54, 1.807) is 12.1 Å². The Hall–Kier alpha value is -2.04. The van der Waals surface area contributed by atoms with Crippen molar-refractivity contribution in [3.63, 3.8) is 0 Å². The van der Waals surface area contributed by atoms with Crippen molar-refractivity contribution >= 4 is 11.6 Å². The van der Waals surface area contributed by atoms with Crippen molar-refractivity contribution < 1.29 is 14.6 Å². The first-order chi connectivity index (χ1) is 7.90. The second-order valence-corrected chi connectivity index (χ2v) is 4.40. The molecule has 5 nitrogen and oxygen atoms in total. The number of ether oxygens (including phenoxy) is 1.